The number of rotatable bonds is 6. The van der Waals surface area contributed by atoms with Crippen molar-refractivity contribution in [2.75, 3.05) is 25.6 Å². The Bertz CT molecular complexity index is 559. The fourth-order valence-electron chi connectivity index (χ4n) is 1.23. The zero-order chi connectivity index (χ0) is 15.1. The van der Waals surface area contributed by atoms with Crippen LogP contribution in [0.25, 0.3) is 0 Å². The van der Waals surface area contributed by atoms with Gasteiger partial charge >= 0.3 is 12.1 Å². The first kappa shape index (κ1) is 15.8. The minimum Gasteiger partial charge on any atom is -0.468 e. The molecule has 0 saturated carbocycles. The molecule has 10 heteroatoms. The molecule has 0 aromatic carbocycles. The number of nitrogens with two attached hydrogens (primary N) is 1. The van der Waals surface area contributed by atoms with Crippen LogP contribution in [0, 0.1) is 0 Å². The fourth-order valence-corrected chi connectivity index (χ4v) is 1.44. The number of primary amides is 1. The molecule has 1 heterocycles. The number of carbonyl (C=O) groups excluding carboxylic acids is 2. The summed E-state index contributed by atoms with van der Waals surface area (Å²) in [4.78, 5) is 33.2. The van der Waals surface area contributed by atoms with Crippen LogP contribution in [0.5, 0.6) is 0 Å². The number of methoxy groups -OCH3 is 1. The van der Waals surface area contributed by atoms with Crippen LogP contribution < -0.4 is 16.6 Å². The van der Waals surface area contributed by atoms with E-state index in [0.717, 1.165) is 4.68 Å². The Balaban J connectivity index is 2.71. The summed E-state index contributed by atoms with van der Waals surface area (Å²) in [6.45, 7) is -0.123. The quantitative estimate of drug-likeness (QED) is 0.540. The van der Waals surface area contributed by atoms with Crippen LogP contribution in [0.4, 0.5) is 10.5 Å². The summed E-state index contributed by atoms with van der Waals surface area (Å²) in [6, 6.07) is 0. The Labute approximate surface area is 118 Å². The Morgan fingerprint density at radius 3 is 2.85 bits per heavy atom. The summed E-state index contributed by atoms with van der Waals surface area (Å²) in [6.07, 6.45) is 0.376. The molecule has 0 aliphatic carbocycles. The predicted molar refractivity (Wildman–Crippen MR) is 69.5 cm³/mol. The van der Waals surface area contributed by atoms with Gasteiger partial charge in [0.2, 0.25) is 0 Å². The van der Waals surface area contributed by atoms with Gasteiger partial charge in [0.05, 0.1) is 19.0 Å². The van der Waals surface area contributed by atoms with Crippen molar-refractivity contribution in [1.29, 1.82) is 0 Å². The van der Waals surface area contributed by atoms with Crippen LogP contribution in [-0.4, -0.2) is 42.1 Å². The number of hydrogen-bond donors (Lipinski definition) is 2. The van der Waals surface area contributed by atoms with Crippen molar-refractivity contribution in [3.8, 4) is 0 Å². The number of hydrogen-bond acceptors (Lipinski definition) is 7. The SMILES string of the molecule is COC(=O)Cn1ncc(NCCOC(N)=O)c(Cl)c1=O. The average Bonchev–Trinajstić information content (AvgIpc) is 2.41. The van der Waals surface area contributed by atoms with Gasteiger partial charge in [0, 0.05) is 6.54 Å². The molecule has 9 nitrogen and oxygen atoms in total. The van der Waals surface area contributed by atoms with E-state index in [0.29, 0.717) is 0 Å². The fraction of sp³-hybridized carbons (Fsp3) is 0.400. The van der Waals surface area contributed by atoms with Gasteiger partial charge in [-0.15, -0.1) is 0 Å². The van der Waals surface area contributed by atoms with Crippen molar-refractivity contribution in [2.45, 2.75) is 6.54 Å². The van der Waals surface area contributed by atoms with E-state index < -0.39 is 17.6 Å². The molecule has 1 aromatic rings. The molecule has 20 heavy (non-hydrogen) atoms. The first-order chi connectivity index (χ1) is 9.45. The monoisotopic (exact) mass is 304 g/mol. The Morgan fingerprint density at radius 2 is 2.25 bits per heavy atom. The molecule has 3 N–H and O–H groups in total. The van der Waals surface area contributed by atoms with E-state index in [4.69, 9.17) is 17.3 Å². The highest BCUT2D eigenvalue weighted by Crippen LogP contribution is 2.14. The zero-order valence-corrected chi connectivity index (χ0v) is 11.3. The molecule has 1 aromatic heterocycles. The summed E-state index contributed by atoms with van der Waals surface area (Å²) in [5, 5.41) is 6.38. The summed E-state index contributed by atoms with van der Waals surface area (Å²) < 4.78 is 9.79. The third-order valence-electron chi connectivity index (χ3n) is 2.15. The molecule has 0 aliphatic rings. The lowest BCUT2D eigenvalue weighted by molar-refractivity contribution is -0.141. The Kier molecular flexibility index (Phi) is 5.78. The minimum absolute atomic E-state index is 0.0108. The molecule has 0 atom stereocenters. The van der Waals surface area contributed by atoms with E-state index in [1.807, 2.05) is 0 Å². The molecule has 0 radical (unpaired) electrons. The van der Waals surface area contributed by atoms with Crippen LogP contribution in [-0.2, 0) is 20.8 Å². The Morgan fingerprint density at radius 1 is 1.55 bits per heavy atom. The van der Waals surface area contributed by atoms with E-state index >= 15 is 0 Å². The summed E-state index contributed by atoms with van der Waals surface area (Å²) in [7, 11) is 1.20. The van der Waals surface area contributed by atoms with Crippen LogP contribution in [0.15, 0.2) is 11.0 Å². The number of ether oxygens (including phenoxy) is 2. The zero-order valence-electron chi connectivity index (χ0n) is 10.6. The van der Waals surface area contributed by atoms with Gasteiger partial charge in [-0.2, -0.15) is 5.10 Å². The molecular formula is C10H13ClN4O5. The van der Waals surface area contributed by atoms with Crippen LogP contribution >= 0.6 is 11.6 Å². The maximum atomic E-state index is 11.8. The molecule has 1 amide bonds. The third kappa shape index (κ3) is 4.43. The smallest absolute Gasteiger partial charge is 0.404 e. The molecule has 0 bridgehead atoms. The lowest BCUT2D eigenvalue weighted by Crippen LogP contribution is -2.28. The molecule has 0 unspecified atom stereocenters. The van der Waals surface area contributed by atoms with Crippen molar-refractivity contribution in [3.05, 3.63) is 21.6 Å². The maximum Gasteiger partial charge on any atom is 0.404 e. The van der Waals surface area contributed by atoms with Crippen LogP contribution in [0.3, 0.4) is 0 Å². The molecule has 0 fully saturated rings. The number of nitrogens with zero attached hydrogens (tertiary/aromatic N) is 2. The van der Waals surface area contributed by atoms with E-state index in [1.165, 1.54) is 13.3 Å². The van der Waals surface area contributed by atoms with Crippen LogP contribution in [0.2, 0.25) is 5.02 Å². The van der Waals surface area contributed by atoms with Crippen molar-refractivity contribution in [3.63, 3.8) is 0 Å². The summed E-state index contributed by atoms with van der Waals surface area (Å²) in [5.41, 5.74) is 4.40. The summed E-state index contributed by atoms with van der Waals surface area (Å²) >= 11 is 5.85. The predicted octanol–water partition coefficient (Wildman–Crippen LogP) is -0.423. The molecule has 110 valence electrons. The average molecular weight is 305 g/mol. The van der Waals surface area contributed by atoms with Gasteiger partial charge in [0.25, 0.3) is 5.56 Å². The normalized spacial score (nSPS) is 9.90. The molecule has 1 rings (SSSR count). The molecule has 0 aliphatic heterocycles. The number of amides is 1. The van der Waals surface area contributed by atoms with Gasteiger partial charge in [-0.1, -0.05) is 11.6 Å². The van der Waals surface area contributed by atoms with Gasteiger partial charge in [-0.05, 0) is 0 Å². The lowest BCUT2D eigenvalue weighted by Gasteiger charge is -2.09. The number of carbonyl (C=O) groups is 2. The van der Waals surface area contributed by atoms with Crippen molar-refractivity contribution in [1.82, 2.24) is 9.78 Å². The first-order valence-corrected chi connectivity index (χ1v) is 5.82. The number of aromatic nitrogens is 2. The van der Waals surface area contributed by atoms with E-state index in [-0.39, 0.29) is 30.4 Å². The number of esters is 1. The number of anilines is 1. The minimum atomic E-state index is -0.899. The highest BCUT2D eigenvalue weighted by atomic mass is 35.5. The number of halogens is 1. The second-order valence-electron chi connectivity index (χ2n) is 3.51. The lowest BCUT2D eigenvalue weighted by atomic mass is 10.4. The highest BCUT2D eigenvalue weighted by molar-refractivity contribution is 6.32. The van der Waals surface area contributed by atoms with E-state index in [1.54, 1.807) is 0 Å². The third-order valence-corrected chi connectivity index (χ3v) is 2.52. The van der Waals surface area contributed by atoms with E-state index in [2.05, 4.69) is 19.9 Å². The van der Waals surface area contributed by atoms with Gasteiger partial charge < -0.3 is 20.5 Å². The van der Waals surface area contributed by atoms with Gasteiger partial charge in [-0.25, -0.2) is 9.48 Å². The standard InChI is InChI=1S/C10H13ClN4O5/c1-19-7(16)5-15-9(17)8(11)6(4-14-15)13-2-3-20-10(12)18/h4,13H,2-3,5H2,1H3,(H2,12,18). The maximum absolute atomic E-state index is 11.8. The van der Waals surface area contributed by atoms with Gasteiger partial charge in [0.15, 0.2) is 0 Å². The van der Waals surface area contributed by atoms with Gasteiger partial charge in [0.1, 0.15) is 18.2 Å². The van der Waals surface area contributed by atoms with Crippen molar-refractivity contribution >= 4 is 29.4 Å². The highest BCUT2D eigenvalue weighted by Gasteiger charge is 2.11. The molecule has 0 saturated heterocycles. The molecule has 0 spiro atoms. The first-order valence-electron chi connectivity index (χ1n) is 5.44. The second kappa shape index (κ2) is 7.34. The van der Waals surface area contributed by atoms with E-state index in [9.17, 15) is 14.4 Å². The largest absolute Gasteiger partial charge is 0.468 e. The van der Waals surface area contributed by atoms with Crippen molar-refractivity contribution in [2.24, 2.45) is 5.73 Å². The van der Waals surface area contributed by atoms with Crippen LogP contribution in [0.1, 0.15) is 0 Å². The van der Waals surface area contributed by atoms with Gasteiger partial charge in [-0.3, -0.25) is 9.59 Å². The molecular weight excluding hydrogens is 292 g/mol. The Hall–Kier alpha value is -2.29. The summed E-state index contributed by atoms with van der Waals surface area (Å²) in [5.74, 6) is -0.619. The topological polar surface area (TPSA) is 126 Å². The van der Waals surface area contributed by atoms with Crippen molar-refractivity contribution < 1.29 is 19.1 Å². The second-order valence-corrected chi connectivity index (χ2v) is 3.88. The number of nitrogens with one attached hydrogen (secondary N) is 1.